The zero-order chi connectivity index (χ0) is 12.9. The van der Waals surface area contributed by atoms with Crippen molar-refractivity contribution in [3.05, 3.63) is 0 Å². The van der Waals surface area contributed by atoms with E-state index in [1.54, 1.807) is 0 Å². The van der Waals surface area contributed by atoms with Crippen LogP contribution in [0, 0.1) is 11.8 Å². The Balaban J connectivity index is 2.60. The predicted molar refractivity (Wildman–Crippen MR) is 74.0 cm³/mol. The number of rotatable bonds is 6. The highest BCUT2D eigenvalue weighted by Crippen LogP contribution is 2.37. The van der Waals surface area contributed by atoms with Gasteiger partial charge in [-0.2, -0.15) is 0 Å². The minimum Gasteiger partial charge on any atom is -0.377 e. The number of nitrogens with two attached hydrogens (primary N) is 1. The van der Waals surface area contributed by atoms with Crippen molar-refractivity contribution in [2.75, 3.05) is 7.11 Å². The normalized spacial score (nSPS) is 28.1. The van der Waals surface area contributed by atoms with E-state index in [9.17, 15) is 0 Å². The minimum absolute atomic E-state index is 0.0935. The van der Waals surface area contributed by atoms with Crippen LogP contribution in [0.5, 0.6) is 0 Å². The van der Waals surface area contributed by atoms with Crippen molar-refractivity contribution in [3.8, 4) is 0 Å². The fraction of sp³-hybridized carbons (Fsp3) is 1.00. The van der Waals surface area contributed by atoms with E-state index in [1.807, 2.05) is 7.11 Å². The lowest BCUT2D eigenvalue weighted by Gasteiger charge is -2.42. The Morgan fingerprint density at radius 3 is 2.00 bits per heavy atom. The van der Waals surface area contributed by atoms with E-state index < -0.39 is 0 Å². The Labute approximate surface area is 107 Å². The van der Waals surface area contributed by atoms with E-state index in [-0.39, 0.29) is 11.6 Å². The van der Waals surface area contributed by atoms with Gasteiger partial charge in [0, 0.05) is 13.2 Å². The maximum absolute atomic E-state index is 6.52. The van der Waals surface area contributed by atoms with Crippen LogP contribution in [0.1, 0.15) is 65.7 Å². The molecule has 1 saturated carbocycles. The van der Waals surface area contributed by atoms with Crippen LogP contribution < -0.4 is 5.73 Å². The van der Waals surface area contributed by atoms with Crippen LogP contribution in [0.2, 0.25) is 0 Å². The SMILES string of the molecule is CCC1CCC(C(N)C(CC)(CC)OC)CC1. The molecule has 0 radical (unpaired) electrons. The average Bonchev–Trinajstić information content (AvgIpc) is 2.41. The van der Waals surface area contributed by atoms with Gasteiger partial charge in [-0.25, -0.2) is 0 Å². The van der Waals surface area contributed by atoms with Gasteiger partial charge in [-0.1, -0.05) is 40.0 Å². The summed E-state index contributed by atoms with van der Waals surface area (Å²) in [7, 11) is 1.82. The monoisotopic (exact) mass is 241 g/mol. The molecule has 0 heterocycles. The Kier molecular flexibility index (Phi) is 5.94. The highest BCUT2D eigenvalue weighted by molar-refractivity contribution is 4.94. The van der Waals surface area contributed by atoms with Gasteiger partial charge in [0.05, 0.1) is 5.60 Å². The summed E-state index contributed by atoms with van der Waals surface area (Å²) >= 11 is 0. The van der Waals surface area contributed by atoms with E-state index in [1.165, 1.54) is 32.1 Å². The molecule has 1 aliphatic rings. The molecule has 1 aliphatic carbocycles. The zero-order valence-corrected chi connectivity index (χ0v) is 12.2. The molecule has 2 N–H and O–H groups in total. The number of hydrogen-bond acceptors (Lipinski definition) is 2. The first-order chi connectivity index (χ1) is 8.13. The first-order valence-electron chi connectivity index (χ1n) is 7.44. The molecule has 1 fully saturated rings. The minimum atomic E-state index is -0.0935. The Morgan fingerprint density at radius 1 is 1.12 bits per heavy atom. The van der Waals surface area contributed by atoms with E-state index in [0.29, 0.717) is 5.92 Å². The van der Waals surface area contributed by atoms with E-state index in [4.69, 9.17) is 10.5 Å². The summed E-state index contributed by atoms with van der Waals surface area (Å²) < 4.78 is 5.78. The van der Waals surface area contributed by atoms with Gasteiger partial charge >= 0.3 is 0 Å². The molecule has 1 atom stereocenters. The fourth-order valence-electron chi connectivity index (χ4n) is 3.53. The molecule has 1 unspecified atom stereocenters. The Morgan fingerprint density at radius 2 is 1.65 bits per heavy atom. The molecule has 2 nitrogen and oxygen atoms in total. The number of ether oxygens (including phenoxy) is 1. The Hall–Kier alpha value is -0.0800. The van der Waals surface area contributed by atoms with Gasteiger partial charge in [0.2, 0.25) is 0 Å². The molecule has 0 aromatic carbocycles. The summed E-state index contributed by atoms with van der Waals surface area (Å²) in [5.74, 6) is 1.61. The van der Waals surface area contributed by atoms with Crippen LogP contribution in [0.4, 0.5) is 0 Å². The molecular weight excluding hydrogens is 210 g/mol. The van der Waals surface area contributed by atoms with Gasteiger partial charge < -0.3 is 10.5 Å². The largest absolute Gasteiger partial charge is 0.377 e. The summed E-state index contributed by atoms with van der Waals surface area (Å²) in [5.41, 5.74) is 6.43. The van der Waals surface area contributed by atoms with E-state index in [2.05, 4.69) is 20.8 Å². The van der Waals surface area contributed by atoms with Gasteiger partial charge in [0.25, 0.3) is 0 Å². The molecule has 102 valence electrons. The molecule has 0 aliphatic heterocycles. The second kappa shape index (κ2) is 6.75. The van der Waals surface area contributed by atoms with Crippen LogP contribution in [-0.4, -0.2) is 18.8 Å². The first-order valence-corrected chi connectivity index (χ1v) is 7.44. The van der Waals surface area contributed by atoms with Gasteiger partial charge in [-0.05, 0) is 37.5 Å². The quantitative estimate of drug-likeness (QED) is 0.769. The maximum Gasteiger partial charge on any atom is 0.0826 e. The summed E-state index contributed by atoms with van der Waals surface area (Å²) in [6.07, 6.45) is 8.70. The molecule has 0 spiro atoms. The Bertz CT molecular complexity index is 197. The summed E-state index contributed by atoms with van der Waals surface area (Å²) in [6, 6.07) is 0.209. The second-order valence-electron chi connectivity index (χ2n) is 5.69. The van der Waals surface area contributed by atoms with E-state index >= 15 is 0 Å². The van der Waals surface area contributed by atoms with Crippen molar-refractivity contribution in [2.24, 2.45) is 17.6 Å². The second-order valence-corrected chi connectivity index (χ2v) is 5.69. The highest BCUT2D eigenvalue weighted by atomic mass is 16.5. The summed E-state index contributed by atoms with van der Waals surface area (Å²) in [6.45, 7) is 6.71. The van der Waals surface area contributed by atoms with Gasteiger partial charge in [-0.3, -0.25) is 0 Å². The molecule has 2 heteroatoms. The lowest BCUT2D eigenvalue weighted by atomic mass is 9.72. The van der Waals surface area contributed by atoms with Crippen molar-refractivity contribution >= 4 is 0 Å². The molecular formula is C15H31NO. The molecule has 17 heavy (non-hydrogen) atoms. The van der Waals surface area contributed by atoms with Crippen molar-refractivity contribution in [3.63, 3.8) is 0 Å². The number of methoxy groups -OCH3 is 1. The van der Waals surface area contributed by atoms with Crippen LogP contribution in [0.3, 0.4) is 0 Å². The van der Waals surface area contributed by atoms with Crippen LogP contribution in [-0.2, 0) is 4.74 Å². The molecule has 0 aromatic heterocycles. The third-order valence-electron chi connectivity index (χ3n) is 5.19. The van der Waals surface area contributed by atoms with Crippen LogP contribution in [0.15, 0.2) is 0 Å². The smallest absolute Gasteiger partial charge is 0.0826 e. The fourth-order valence-corrected chi connectivity index (χ4v) is 3.53. The van der Waals surface area contributed by atoms with Crippen molar-refractivity contribution in [1.82, 2.24) is 0 Å². The molecule has 0 saturated heterocycles. The summed E-state index contributed by atoms with van der Waals surface area (Å²) in [4.78, 5) is 0. The molecule has 1 rings (SSSR count). The third kappa shape index (κ3) is 3.23. The lowest BCUT2D eigenvalue weighted by Crippen LogP contribution is -2.53. The topological polar surface area (TPSA) is 35.2 Å². The highest BCUT2D eigenvalue weighted by Gasteiger charge is 2.39. The van der Waals surface area contributed by atoms with Crippen molar-refractivity contribution < 1.29 is 4.74 Å². The average molecular weight is 241 g/mol. The van der Waals surface area contributed by atoms with Crippen LogP contribution >= 0.6 is 0 Å². The van der Waals surface area contributed by atoms with Crippen molar-refractivity contribution in [2.45, 2.75) is 77.4 Å². The third-order valence-corrected chi connectivity index (χ3v) is 5.19. The maximum atomic E-state index is 6.52. The standard InChI is InChI=1S/C15H31NO/c1-5-12-8-10-13(11-9-12)14(16)15(6-2,7-3)17-4/h12-14H,5-11,16H2,1-4H3. The summed E-state index contributed by atoms with van der Waals surface area (Å²) in [5, 5.41) is 0. The molecule has 0 bridgehead atoms. The zero-order valence-electron chi connectivity index (χ0n) is 12.2. The van der Waals surface area contributed by atoms with Crippen LogP contribution in [0.25, 0.3) is 0 Å². The number of hydrogen-bond donors (Lipinski definition) is 1. The molecule has 0 aromatic rings. The lowest BCUT2D eigenvalue weighted by molar-refractivity contribution is -0.0572. The van der Waals surface area contributed by atoms with Gasteiger partial charge in [0.15, 0.2) is 0 Å². The predicted octanol–water partition coefficient (Wildman–Crippen LogP) is 3.74. The molecule has 0 amide bonds. The van der Waals surface area contributed by atoms with Crippen molar-refractivity contribution in [1.29, 1.82) is 0 Å². The first kappa shape index (κ1) is 15.0. The van der Waals surface area contributed by atoms with Gasteiger partial charge in [0.1, 0.15) is 0 Å². The van der Waals surface area contributed by atoms with E-state index in [0.717, 1.165) is 18.8 Å². The van der Waals surface area contributed by atoms with Gasteiger partial charge in [-0.15, -0.1) is 0 Å².